The number of ether oxygens (including phenoxy) is 2. The smallest absolute Gasteiger partial charge is 0.337 e. The first-order chi connectivity index (χ1) is 17.4. The summed E-state index contributed by atoms with van der Waals surface area (Å²) in [5.41, 5.74) is 1.08. The molecule has 4 rings (SSSR count). The number of likely N-dealkylation sites (tertiary alicyclic amines) is 1. The standard InChI is InChI=1S/C28H28N2O6/c1-19(31)30-16-4-5-21(30)18-35-22-12-14-24(15-13-22)36-23-10-8-20(9-11-23)17-27(32)29-26-7-3-2-6-25(26)28(33)34/h2-3,6-15,21H,4-5,16-18H2,1H3,(H,29,32)(H,33,34). The number of carbonyl (C=O) groups is 3. The molecule has 1 aliphatic rings. The molecule has 2 N–H and O–H groups in total. The van der Waals surface area contributed by atoms with Gasteiger partial charge >= 0.3 is 5.97 Å². The Balaban J connectivity index is 1.27. The van der Waals surface area contributed by atoms with E-state index in [-0.39, 0.29) is 35.5 Å². The highest BCUT2D eigenvalue weighted by Gasteiger charge is 2.26. The Labute approximate surface area is 209 Å². The zero-order valence-corrected chi connectivity index (χ0v) is 20.0. The first-order valence-electron chi connectivity index (χ1n) is 11.8. The Bertz CT molecular complexity index is 1220. The second kappa shape index (κ2) is 11.4. The number of carboxylic acid groups (broad SMARTS) is 1. The van der Waals surface area contributed by atoms with Crippen LogP contribution in [0.15, 0.2) is 72.8 Å². The van der Waals surface area contributed by atoms with Gasteiger partial charge in [-0.15, -0.1) is 0 Å². The van der Waals surface area contributed by atoms with E-state index in [2.05, 4.69) is 5.32 Å². The molecule has 186 valence electrons. The largest absolute Gasteiger partial charge is 0.491 e. The molecular weight excluding hydrogens is 460 g/mol. The highest BCUT2D eigenvalue weighted by atomic mass is 16.5. The number of carbonyl (C=O) groups excluding carboxylic acids is 2. The Hall–Kier alpha value is -4.33. The second-order valence-corrected chi connectivity index (χ2v) is 8.61. The molecule has 0 saturated carbocycles. The lowest BCUT2D eigenvalue weighted by molar-refractivity contribution is -0.130. The van der Waals surface area contributed by atoms with Crippen molar-refractivity contribution in [2.75, 3.05) is 18.5 Å². The number of aromatic carboxylic acids is 1. The normalized spacial score (nSPS) is 14.8. The van der Waals surface area contributed by atoms with E-state index in [1.807, 2.05) is 29.2 Å². The van der Waals surface area contributed by atoms with Crippen LogP contribution < -0.4 is 14.8 Å². The lowest BCUT2D eigenvalue weighted by Gasteiger charge is -2.23. The monoisotopic (exact) mass is 488 g/mol. The molecule has 0 aromatic heterocycles. The van der Waals surface area contributed by atoms with Crippen LogP contribution in [-0.2, 0) is 16.0 Å². The summed E-state index contributed by atoms with van der Waals surface area (Å²) < 4.78 is 11.8. The molecule has 3 aromatic carbocycles. The number of amides is 2. The molecular formula is C28H28N2O6. The number of nitrogens with zero attached hydrogens (tertiary/aromatic N) is 1. The van der Waals surface area contributed by atoms with E-state index in [4.69, 9.17) is 9.47 Å². The third-order valence-electron chi connectivity index (χ3n) is 6.00. The van der Waals surface area contributed by atoms with Crippen LogP contribution in [0.2, 0.25) is 0 Å². The molecule has 36 heavy (non-hydrogen) atoms. The summed E-state index contributed by atoms with van der Waals surface area (Å²) in [6.07, 6.45) is 2.05. The van der Waals surface area contributed by atoms with Crippen molar-refractivity contribution >= 4 is 23.5 Å². The van der Waals surface area contributed by atoms with Crippen LogP contribution in [0, 0.1) is 0 Å². The summed E-state index contributed by atoms with van der Waals surface area (Å²) in [6.45, 7) is 2.85. The number of benzene rings is 3. The number of carboxylic acids is 1. The van der Waals surface area contributed by atoms with Gasteiger partial charge < -0.3 is 24.8 Å². The van der Waals surface area contributed by atoms with E-state index in [0.29, 0.717) is 23.9 Å². The molecule has 1 saturated heterocycles. The van der Waals surface area contributed by atoms with Gasteiger partial charge in [0.2, 0.25) is 11.8 Å². The Morgan fingerprint density at radius 2 is 1.58 bits per heavy atom. The van der Waals surface area contributed by atoms with Crippen molar-refractivity contribution in [1.29, 1.82) is 0 Å². The van der Waals surface area contributed by atoms with Gasteiger partial charge in [-0.25, -0.2) is 4.79 Å². The number of nitrogens with one attached hydrogen (secondary N) is 1. The third-order valence-corrected chi connectivity index (χ3v) is 6.00. The van der Waals surface area contributed by atoms with Crippen LogP contribution in [0.3, 0.4) is 0 Å². The molecule has 0 bridgehead atoms. The predicted octanol–water partition coefficient (Wildman–Crippen LogP) is 4.75. The minimum atomic E-state index is -1.10. The van der Waals surface area contributed by atoms with Crippen LogP contribution >= 0.6 is 0 Å². The summed E-state index contributed by atoms with van der Waals surface area (Å²) in [4.78, 5) is 37.2. The third kappa shape index (κ3) is 6.41. The summed E-state index contributed by atoms with van der Waals surface area (Å²) in [5, 5.41) is 11.9. The van der Waals surface area contributed by atoms with Gasteiger partial charge in [-0.3, -0.25) is 9.59 Å². The van der Waals surface area contributed by atoms with Crippen LogP contribution in [0.25, 0.3) is 0 Å². The molecule has 1 fully saturated rings. The number of anilines is 1. The van der Waals surface area contributed by atoms with Crippen molar-refractivity contribution in [2.24, 2.45) is 0 Å². The van der Waals surface area contributed by atoms with Crippen molar-refractivity contribution in [2.45, 2.75) is 32.2 Å². The maximum Gasteiger partial charge on any atom is 0.337 e. The number of hydrogen-bond acceptors (Lipinski definition) is 5. The van der Waals surface area contributed by atoms with E-state index >= 15 is 0 Å². The van der Waals surface area contributed by atoms with Gasteiger partial charge in [-0.2, -0.15) is 0 Å². The minimum absolute atomic E-state index is 0.0441. The maximum atomic E-state index is 12.4. The second-order valence-electron chi connectivity index (χ2n) is 8.61. The quantitative estimate of drug-likeness (QED) is 0.450. The number of rotatable bonds is 9. The molecule has 1 atom stereocenters. The Morgan fingerprint density at radius 3 is 2.25 bits per heavy atom. The lowest BCUT2D eigenvalue weighted by atomic mass is 10.1. The highest BCUT2D eigenvalue weighted by Crippen LogP contribution is 2.25. The van der Waals surface area contributed by atoms with Crippen molar-refractivity contribution in [3.8, 4) is 17.2 Å². The van der Waals surface area contributed by atoms with Crippen LogP contribution in [-0.4, -0.2) is 47.0 Å². The van der Waals surface area contributed by atoms with Gasteiger partial charge in [-0.1, -0.05) is 24.3 Å². The van der Waals surface area contributed by atoms with Gasteiger partial charge in [0, 0.05) is 13.5 Å². The molecule has 8 nitrogen and oxygen atoms in total. The van der Waals surface area contributed by atoms with E-state index < -0.39 is 5.97 Å². The van der Waals surface area contributed by atoms with E-state index in [9.17, 15) is 19.5 Å². The fourth-order valence-corrected chi connectivity index (χ4v) is 4.19. The minimum Gasteiger partial charge on any atom is -0.491 e. The van der Waals surface area contributed by atoms with Gasteiger partial charge in [0.05, 0.1) is 23.7 Å². The van der Waals surface area contributed by atoms with Crippen LogP contribution in [0.4, 0.5) is 5.69 Å². The summed E-state index contributed by atoms with van der Waals surface area (Å²) in [6, 6.07) is 20.8. The van der Waals surface area contributed by atoms with E-state index in [1.54, 1.807) is 49.4 Å². The lowest BCUT2D eigenvalue weighted by Crippen LogP contribution is -2.37. The molecule has 1 aliphatic heterocycles. The van der Waals surface area contributed by atoms with E-state index in [1.165, 1.54) is 6.07 Å². The van der Waals surface area contributed by atoms with E-state index in [0.717, 1.165) is 24.9 Å². The molecule has 2 amide bonds. The Morgan fingerprint density at radius 1 is 0.944 bits per heavy atom. The van der Waals surface area contributed by atoms with Gasteiger partial charge in [-0.05, 0) is 66.9 Å². The van der Waals surface area contributed by atoms with Crippen molar-refractivity contribution in [3.63, 3.8) is 0 Å². The zero-order chi connectivity index (χ0) is 25.5. The summed E-state index contributed by atoms with van der Waals surface area (Å²) >= 11 is 0. The number of hydrogen-bond donors (Lipinski definition) is 2. The molecule has 3 aromatic rings. The molecule has 0 aliphatic carbocycles. The van der Waals surface area contributed by atoms with Gasteiger partial charge in [0.1, 0.15) is 23.9 Å². The maximum absolute atomic E-state index is 12.4. The van der Waals surface area contributed by atoms with Crippen molar-refractivity contribution in [1.82, 2.24) is 4.90 Å². The molecule has 1 heterocycles. The Kier molecular flexibility index (Phi) is 7.85. The van der Waals surface area contributed by atoms with Crippen LogP contribution in [0.1, 0.15) is 35.7 Å². The van der Waals surface area contributed by atoms with Crippen LogP contribution in [0.5, 0.6) is 17.2 Å². The summed E-state index contributed by atoms with van der Waals surface area (Å²) in [7, 11) is 0. The average molecular weight is 489 g/mol. The zero-order valence-electron chi connectivity index (χ0n) is 20.0. The molecule has 0 spiro atoms. The summed E-state index contributed by atoms with van der Waals surface area (Å²) in [5.74, 6) is 0.650. The number of para-hydroxylation sites is 1. The van der Waals surface area contributed by atoms with Gasteiger partial charge in [0.15, 0.2) is 0 Å². The van der Waals surface area contributed by atoms with Crippen molar-refractivity contribution < 1.29 is 29.0 Å². The van der Waals surface area contributed by atoms with Gasteiger partial charge in [0.25, 0.3) is 0 Å². The van der Waals surface area contributed by atoms with Crippen molar-refractivity contribution in [3.05, 3.63) is 83.9 Å². The molecule has 1 unspecified atom stereocenters. The fraction of sp³-hybridized carbons (Fsp3) is 0.250. The molecule has 0 radical (unpaired) electrons. The average Bonchev–Trinajstić information content (AvgIpc) is 3.34. The highest BCUT2D eigenvalue weighted by molar-refractivity contribution is 6.01. The SMILES string of the molecule is CC(=O)N1CCCC1COc1ccc(Oc2ccc(CC(=O)Nc3ccccc3C(=O)O)cc2)cc1. The predicted molar refractivity (Wildman–Crippen MR) is 135 cm³/mol. The first-order valence-corrected chi connectivity index (χ1v) is 11.8. The molecule has 8 heteroatoms. The first kappa shape index (κ1) is 24.8. The fourth-order valence-electron chi connectivity index (χ4n) is 4.19. The topological polar surface area (TPSA) is 105 Å².